The highest BCUT2D eigenvalue weighted by Gasteiger charge is 2.18. The Morgan fingerprint density at radius 3 is 2.85 bits per heavy atom. The molecule has 4 rings (SSSR count). The van der Waals surface area contributed by atoms with Gasteiger partial charge >= 0.3 is 0 Å². The predicted octanol–water partition coefficient (Wildman–Crippen LogP) is 3.91. The molecule has 0 aliphatic rings. The molecule has 132 valence electrons. The zero-order chi connectivity index (χ0) is 18.3. The third-order valence-electron chi connectivity index (χ3n) is 4.40. The Morgan fingerprint density at radius 1 is 1.31 bits per heavy atom. The molecule has 0 saturated heterocycles. The van der Waals surface area contributed by atoms with E-state index >= 15 is 0 Å². The van der Waals surface area contributed by atoms with Crippen LogP contribution in [0.15, 0.2) is 41.0 Å². The zero-order valence-electron chi connectivity index (χ0n) is 14.8. The molecular weight excluding hydrogens is 330 g/mol. The maximum atomic E-state index is 12.7. The third kappa shape index (κ3) is 2.67. The van der Waals surface area contributed by atoms with Crippen LogP contribution in [0.3, 0.4) is 0 Å². The van der Waals surface area contributed by atoms with Crippen LogP contribution in [0.1, 0.15) is 28.7 Å². The van der Waals surface area contributed by atoms with Crippen molar-refractivity contribution in [3.63, 3.8) is 0 Å². The number of amides is 1. The number of benzene rings is 1. The standard InChI is InChI=1S/C19H19N5O2/c1-4-24-12(3)17(11(2)23-24)19(25)20-13-7-8-14-15(10-13)22-18(21-14)16-6-5-9-26-16/h5-10H,4H2,1-3H3,(H,20,25)(H,21,22). The molecule has 7 nitrogen and oxygen atoms in total. The number of carbonyl (C=O) groups excluding carboxylic acids is 1. The number of nitrogens with zero attached hydrogens (tertiary/aromatic N) is 3. The molecule has 4 aromatic rings. The van der Waals surface area contributed by atoms with Gasteiger partial charge in [-0.05, 0) is 51.1 Å². The van der Waals surface area contributed by atoms with E-state index in [-0.39, 0.29) is 5.91 Å². The highest BCUT2D eigenvalue weighted by molar-refractivity contribution is 6.06. The first-order valence-corrected chi connectivity index (χ1v) is 8.46. The van der Waals surface area contributed by atoms with Crippen molar-refractivity contribution in [1.29, 1.82) is 0 Å². The van der Waals surface area contributed by atoms with Crippen molar-refractivity contribution < 1.29 is 9.21 Å². The van der Waals surface area contributed by atoms with E-state index in [9.17, 15) is 4.79 Å². The Bertz CT molecular complexity index is 1090. The summed E-state index contributed by atoms with van der Waals surface area (Å²) >= 11 is 0. The molecular formula is C19H19N5O2. The molecule has 0 fully saturated rings. The fourth-order valence-electron chi connectivity index (χ4n) is 3.14. The lowest BCUT2D eigenvalue weighted by atomic mass is 10.1. The number of anilines is 1. The summed E-state index contributed by atoms with van der Waals surface area (Å²) in [6.45, 7) is 6.49. The molecule has 1 amide bonds. The van der Waals surface area contributed by atoms with Crippen molar-refractivity contribution in [3.05, 3.63) is 53.5 Å². The summed E-state index contributed by atoms with van der Waals surface area (Å²) in [7, 11) is 0. The van der Waals surface area contributed by atoms with E-state index in [0.29, 0.717) is 22.8 Å². The number of carbonyl (C=O) groups is 1. The maximum absolute atomic E-state index is 12.7. The van der Waals surface area contributed by atoms with E-state index in [1.165, 1.54) is 0 Å². The molecule has 0 aliphatic carbocycles. The van der Waals surface area contributed by atoms with Crippen LogP contribution in [0.2, 0.25) is 0 Å². The lowest BCUT2D eigenvalue weighted by Gasteiger charge is -2.06. The molecule has 0 atom stereocenters. The summed E-state index contributed by atoms with van der Waals surface area (Å²) in [6.07, 6.45) is 1.61. The number of aromatic amines is 1. The van der Waals surface area contributed by atoms with Gasteiger partial charge in [0.1, 0.15) is 0 Å². The molecule has 0 unspecified atom stereocenters. The Balaban J connectivity index is 1.63. The fraction of sp³-hybridized carbons (Fsp3) is 0.211. The number of rotatable bonds is 4. The molecule has 0 aliphatic heterocycles. The van der Waals surface area contributed by atoms with Gasteiger partial charge in [-0.2, -0.15) is 5.10 Å². The molecule has 1 aromatic carbocycles. The van der Waals surface area contributed by atoms with E-state index < -0.39 is 0 Å². The SMILES string of the molecule is CCn1nc(C)c(C(=O)Nc2ccc3nc(-c4ccco4)[nH]c3c2)c1C. The van der Waals surface area contributed by atoms with Gasteiger partial charge in [0.25, 0.3) is 5.91 Å². The van der Waals surface area contributed by atoms with E-state index in [4.69, 9.17) is 4.42 Å². The second-order valence-corrected chi connectivity index (χ2v) is 6.11. The van der Waals surface area contributed by atoms with Gasteiger partial charge in [-0.1, -0.05) is 0 Å². The maximum Gasteiger partial charge on any atom is 0.259 e. The van der Waals surface area contributed by atoms with Crippen LogP contribution in [0.4, 0.5) is 5.69 Å². The first-order valence-electron chi connectivity index (χ1n) is 8.46. The number of aryl methyl sites for hydroxylation is 2. The number of imidazole rings is 1. The Kier molecular flexibility index (Phi) is 3.84. The Labute approximate surface area is 150 Å². The number of fused-ring (bicyclic) bond motifs is 1. The summed E-state index contributed by atoms with van der Waals surface area (Å²) < 4.78 is 7.20. The zero-order valence-corrected chi connectivity index (χ0v) is 14.8. The van der Waals surface area contributed by atoms with Crippen LogP contribution in [0, 0.1) is 13.8 Å². The van der Waals surface area contributed by atoms with Crippen LogP contribution in [-0.4, -0.2) is 25.7 Å². The second-order valence-electron chi connectivity index (χ2n) is 6.11. The lowest BCUT2D eigenvalue weighted by molar-refractivity contribution is 0.102. The van der Waals surface area contributed by atoms with Crippen molar-refractivity contribution in [2.24, 2.45) is 0 Å². The normalized spacial score (nSPS) is 11.2. The second kappa shape index (κ2) is 6.18. The van der Waals surface area contributed by atoms with Gasteiger partial charge in [0.15, 0.2) is 11.6 Å². The summed E-state index contributed by atoms with van der Waals surface area (Å²) in [5.74, 6) is 1.17. The fourth-order valence-corrected chi connectivity index (χ4v) is 3.14. The largest absolute Gasteiger partial charge is 0.461 e. The van der Waals surface area contributed by atoms with E-state index in [1.54, 1.807) is 6.26 Å². The number of nitrogens with one attached hydrogen (secondary N) is 2. The van der Waals surface area contributed by atoms with Gasteiger partial charge in [-0.25, -0.2) is 4.98 Å². The van der Waals surface area contributed by atoms with Gasteiger partial charge in [0.2, 0.25) is 0 Å². The van der Waals surface area contributed by atoms with Crippen molar-refractivity contribution in [2.45, 2.75) is 27.3 Å². The first-order chi connectivity index (χ1) is 12.6. The topological polar surface area (TPSA) is 88.7 Å². The average molecular weight is 349 g/mol. The van der Waals surface area contributed by atoms with Crippen molar-refractivity contribution >= 4 is 22.6 Å². The van der Waals surface area contributed by atoms with Crippen molar-refractivity contribution in [1.82, 2.24) is 19.7 Å². The van der Waals surface area contributed by atoms with Crippen LogP contribution < -0.4 is 5.32 Å². The number of aromatic nitrogens is 4. The van der Waals surface area contributed by atoms with Gasteiger partial charge in [-0.3, -0.25) is 9.48 Å². The molecule has 3 aromatic heterocycles. The molecule has 0 saturated carbocycles. The smallest absolute Gasteiger partial charge is 0.259 e. The molecule has 2 N–H and O–H groups in total. The molecule has 0 bridgehead atoms. The summed E-state index contributed by atoms with van der Waals surface area (Å²) in [6, 6.07) is 9.22. The predicted molar refractivity (Wildman–Crippen MR) is 99.1 cm³/mol. The summed E-state index contributed by atoms with van der Waals surface area (Å²) in [5, 5.41) is 7.35. The highest BCUT2D eigenvalue weighted by Crippen LogP contribution is 2.24. The van der Waals surface area contributed by atoms with Crippen LogP contribution >= 0.6 is 0 Å². The number of H-pyrrole nitrogens is 1. The van der Waals surface area contributed by atoms with Crippen LogP contribution in [0.25, 0.3) is 22.6 Å². The Morgan fingerprint density at radius 2 is 2.15 bits per heavy atom. The van der Waals surface area contributed by atoms with Crippen LogP contribution in [0.5, 0.6) is 0 Å². The van der Waals surface area contributed by atoms with Crippen LogP contribution in [-0.2, 0) is 6.54 Å². The Hall–Kier alpha value is -3.35. The molecule has 0 radical (unpaired) electrons. The number of hydrogen-bond donors (Lipinski definition) is 2. The minimum Gasteiger partial charge on any atom is -0.461 e. The van der Waals surface area contributed by atoms with Crippen molar-refractivity contribution in [2.75, 3.05) is 5.32 Å². The summed E-state index contributed by atoms with van der Waals surface area (Å²) in [4.78, 5) is 20.4. The monoisotopic (exact) mass is 349 g/mol. The minimum absolute atomic E-state index is 0.162. The number of hydrogen-bond acceptors (Lipinski definition) is 4. The van der Waals surface area contributed by atoms with Gasteiger partial charge < -0.3 is 14.7 Å². The number of furan rings is 1. The minimum atomic E-state index is -0.162. The van der Waals surface area contributed by atoms with Crippen molar-refractivity contribution in [3.8, 4) is 11.6 Å². The van der Waals surface area contributed by atoms with Gasteiger partial charge in [0, 0.05) is 17.9 Å². The summed E-state index contributed by atoms with van der Waals surface area (Å²) in [5.41, 5.74) is 4.54. The van der Waals surface area contributed by atoms with E-state index in [2.05, 4.69) is 20.4 Å². The molecule has 7 heteroatoms. The van der Waals surface area contributed by atoms with E-state index in [0.717, 1.165) is 29.0 Å². The molecule has 3 heterocycles. The first kappa shape index (κ1) is 16.1. The average Bonchev–Trinajstić information content (AvgIpc) is 3.32. The third-order valence-corrected chi connectivity index (χ3v) is 4.40. The highest BCUT2D eigenvalue weighted by atomic mass is 16.3. The molecule has 26 heavy (non-hydrogen) atoms. The molecule has 0 spiro atoms. The van der Waals surface area contributed by atoms with Gasteiger partial charge in [0.05, 0.1) is 28.6 Å². The quantitative estimate of drug-likeness (QED) is 0.585. The van der Waals surface area contributed by atoms with E-state index in [1.807, 2.05) is 55.8 Å². The van der Waals surface area contributed by atoms with Gasteiger partial charge in [-0.15, -0.1) is 0 Å². The lowest BCUT2D eigenvalue weighted by Crippen LogP contribution is -2.14.